The van der Waals surface area contributed by atoms with E-state index in [2.05, 4.69) is 0 Å². The number of halogens is 2. The molecule has 2 heterocycles. The Morgan fingerprint density at radius 2 is 2.13 bits per heavy atom. The van der Waals surface area contributed by atoms with Gasteiger partial charge >= 0.3 is 5.97 Å². The highest BCUT2D eigenvalue weighted by atomic mass is 19.2. The van der Waals surface area contributed by atoms with Gasteiger partial charge < -0.3 is 14.4 Å². The number of nitrogens with zero attached hydrogens (tertiary/aromatic N) is 1. The first-order valence-corrected chi connectivity index (χ1v) is 7.61. The van der Waals surface area contributed by atoms with Gasteiger partial charge in [0.25, 0.3) is 0 Å². The molecule has 2 aliphatic heterocycles. The van der Waals surface area contributed by atoms with Crippen molar-refractivity contribution in [2.24, 2.45) is 5.92 Å². The SMILES string of the molecule is O=C(OCC1CCCO1)C1CCN(c2ccc(F)c(F)c2)C1=O. The van der Waals surface area contributed by atoms with Gasteiger partial charge in [0.2, 0.25) is 5.91 Å². The highest BCUT2D eigenvalue weighted by molar-refractivity contribution is 6.08. The minimum Gasteiger partial charge on any atom is -0.462 e. The number of hydrogen-bond acceptors (Lipinski definition) is 4. The van der Waals surface area contributed by atoms with E-state index in [-0.39, 0.29) is 24.9 Å². The standard InChI is InChI=1S/C16H17F2NO4/c17-13-4-3-10(8-14(13)18)19-6-5-12(15(19)20)16(21)23-9-11-2-1-7-22-11/h3-4,8,11-12H,1-2,5-7,9H2. The lowest BCUT2D eigenvalue weighted by molar-refractivity contribution is -0.153. The number of benzene rings is 1. The van der Waals surface area contributed by atoms with E-state index in [0.717, 1.165) is 25.0 Å². The van der Waals surface area contributed by atoms with E-state index in [1.54, 1.807) is 0 Å². The summed E-state index contributed by atoms with van der Waals surface area (Å²) in [5, 5.41) is 0. The highest BCUT2D eigenvalue weighted by Crippen LogP contribution is 2.27. The number of ether oxygens (including phenoxy) is 2. The van der Waals surface area contributed by atoms with Gasteiger partial charge in [-0.15, -0.1) is 0 Å². The van der Waals surface area contributed by atoms with E-state index < -0.39 is 29.4 Å². The molecule has 7 heteroatoms. The minimum atomic E-state index is -1.03. The molecule has 2 saturated heterocycles. The Bertz CT molecular complexity index is 616. The smallest absolute Gasteiger partial charge is 0.318 e. The molecule has 5 nitrogen and oxygen atoms in total. The van der Waals surface area contributed by atoms with E-state index in [9.17, 15) is 18.4 Å². The Labute approximate surface area is 132 Å². The number of carbonyl (C=O) groups is 2. The summed E-state index contributed by atoms with van der Waals surface area (Å²) in [7, 11) is 0. The molecule has 23 heavy (non-hydrogen) atoms. The highest BCUT2D eigenvalue weighted by Gasteiger charge is 2.39. The largest absolute Gasteiger partial charge is 0.462 e. The molecule has 2 unspecified atom stereocenters. The Morgan fingerprint density at radius 1 is 1.30 bits per heavy atom. The van der Waals surface area contributed by atoms with Crippen molar-refractivity contribution in [3.8, 4) is 0 Å². The number of esters is 1. The molecule has 0 aliphatic carbocycles. The topological polar surface area (TPSA) is 55.8 Å². The fourth-order valence-electron chi connectivity index (χ4n) is 2.86. The van der Waals surface area contributed by atoms with Gasteiger partial charge in [0.05, 0.1) is 6.10 Å². The lowest BCUT2D eigenvalue weighted by Gasteiger charge is -2.17. The molecule has 2 atom stereocenters. The molecule has 1 amide bonds. The molecule has 0 N–H and O–H groups in total. The van der Waals surface area contributed by atoms with Crippen LogP contribution in [0.3, 0.4) is 0 Å². The molecule has 124 valence electrons. The zero-order valence-corrected chi connectivity index (χ0v) is 12.5. The van der Waals surface area contributed by atoms with Crippen LogP contribution < -0.4 is 4.90 Å². The predicted molar refractivity (Wildman–Crippen MR) is 76.8 cm³/mol. The Balaban J connectivity index is 1.61. The molecular formula is C16H17F2NO4. The molecule has 2 aliphatic rings. The maximum atomic E-state index is 13.3. The van der Waals surface area contributed by atoms with E-state index in [1.807, 2.05) is 0 Å². The summed E-state index contributed by atoms with van der Waals surface area (Å²) in [5.41, 5.74) is 0.239. The van der Waals surface area contributed by atoms with Crippen molar-refractivity contribution in [3.63, 3.8) is 0 Å². The minimum absolute atomic E-state index is 0.0993. The first-order valence-electron chi connectivity index (χ1n) is 7.61. The van der Waals surface area contributed by atoms with Crippen molar-refractivity contribution in [1.82, 2.24) is 0 Å². The number of amides is 1. The van der Waals surface area contributed by atoms with Crippen LogP contribution in [0, 0.1) is 17.6 Å². The van der Waals surface area contributed by atoms with Crippen LogP contribution in [0.5, 0.6) is 0 Å². The summed E-state index contributed by atoms with van der Waals surface area (Å²) in [6, 6.07) is 3.23. The Kier molecular flexibility index (Phi) is 4.56. The van der Waals surface area contributed by atoms with Gasteiger partial charge in [-0.1, -0.05) is 0 Å². The molecule has 3 rings (SSSR count). The molecule has 2 fully saturated rings. The van der Waals surface area contributed by atoms with Crippen molar-refractivity contribution in [2.45, 2.75) is 25.4 Å². The molecule has 0 saturated carbocycles. The summed E-state index contributed by atoms with van der Waals surface area (Å²) in [6.45, 7) is 1.08. The average Bonchev–Trinajstić information content (AvgIpc) is 3.17. The molecule has 1 aromatic carbocycles. The average molecular weight is 325 g/mol. The molecule has 1 aromatic rings. The lowest BCUT2D eigenvalue weighted by Crippen LogP contribution is -2.32. The van der Waals surface area contributed by atoms with Crippen LogP contribution in [-0.4, -0.2) is 37.7 Å². The third-order valence-corrected chi connectivity index (χ3v) is 4.14. The first kappa shape index (κ1) is 15.9. The first-order chi connectivity index (χ1) is 11.1. The lowest BCUT2D eigenvalue weighted by atomic mass is 10.1. The summed E-state index contributed by atoms with van der Waals surface area (Å²) in [4.78, 5) is 25.6. The summed E-state index contributed by atoms with van der Waals surface area (Å²) >= 11 is 0. The van der Waals surface area contributed by atoms with Crippen LogP contribution in [0.15, 0.2) is 18.2 Å². The third kappa shape index (κ3) is 3.34. The molecule has 0 radical (unpaired) electrons. The zero-order valence-electron chi connectivity index (χ0n) is 12.5. The van der Waals surface area contributed by atoms with Crippen LogP contribution in [0.1, 0.15) is 19.3 Å². The van der Waals surface area contributed by atoms with Gasteiger partial charge in [-0.3, -0.25) is 9.59 Å². The van der Waals surface area contributed by atoms with Gasteiger partial charge in [-0.25, -0.2) is 8.78 Å². The second-order valence-corrected chi connectivity index (χ2v) is 5.69. The number of anilines is 1. The van der Waals surface area contributed by atoms with E-state index >= 15 is 0 Å². The Hall–Kier alpha value is -2.02. The van der Waals surface area contributed by atoms with E-state index in [1.165, 1.54) is 11.0 Å². The maximum absolute atomic E-state index is 13.3. The number of carbonyl (C=O) groups excluding carboxylic acids is 2. The van der Waals surface area contributed by atoms with Crippen LogP contribution in [0.25, 0.3) is 0 Å². The molecule has 0 spiro atoms. The quantitative estimate of drug-likeness (QED) is 0.628. The van der Waals surface area contributed by atoms with Gasteiger partial charge in [-0.2, -0.15) is 0 Å². The van der Waals surface area contributed by atoms with E-state index in [0.29, 0.717) is 13.0 Å². The second kappa shape index (κ2) is 6.62. The number of hydrogen-bond donors (Lipinski definition) is 0. The second-order valence-electron chi connectivity index (χ2n) is 5.69. The molecule has 0 bridgehead atoms. The van der Waals surface area contributed by atoms with Gasteiger partial charge in [0, 0.05) is 24.9 Å². The predicted octanol–water partition coefficient (Wildman–Crippen LogP) is 2.04. The molecular weight excluding hydrogens is 308 g/mol. The fourth-order valence-corrected chi connectivity index (χ4v) is 2.86. The molecule has 0 aromatic heterocycles. The van der Waals surface area contributed by atoms with Crippen LogP contribution in [-0.2, 0) is 19.1 Å². The van der Waals surface area contributed by atoms with E-state index in [4.69, 9.17) is 9.47 Å². The summed E-state index contributed by atoms with van der Waals surface area (Å²) < 4.78 is 36.8. The van der Waals surface area contributed by atoms with Crippen molar-refractivity contribution >= 4 is 17.6 Å². The van der Waals surface area contributed by atoms with Gasteiger partial charge in [-0.05, 0) is 31.4 Å². The van der Waals surface area contributed by atoms with Crippen molar-refractivity contribution < 1.29 is 27.8 Å². The third-order valence-electron chi connectivity index (χ3n) is 4.14. The number of rotatable bonds is 4. The maximum Gasteiger partial charge on any atom is 0.318 e. The van der Waals surface area contributed by atoms with Crippen molar-refractivity contribution in [3.05, 3.63) is 29.8 Å². The summed E-state index contributed by atoms with van der Waals surface area (Å²) in [6.07, 6.45) is 1.97. The van der Waals surface area contributed by atoms with Crippen molar-refractivity contribution in [1.29, 1.82) is 0 Å². The zero-order chi connectivity index (χ0) is 16.4. The van der Waals surface area contributed by atoms with Crippen LogP contribution >= 0.6 is 0 Å². The van der Waals surface area contributed by atoms with Crippen LogP contribution in [0.4, 0.5) is 14.5 Å². The van der Waals surface area contributed by atoms with Gasteiger partial charge in [0.15, 0.2) is 11.6 Å². The normalized spacial score (nSPS) is 24.3. The summed E-state index contributed by atoms with van der Waals surface area (Å²) in [5.74, 6) is -3.94. The van der Waals surface area contributed by atoms with Crippen LogP contribution in [0.2, 0.25) is 0 Å². The Morgan fingerprint density at radius 3 is 2.83 bits per heavy atom. The fraction of sp³-hybridized carbons (Fsp3) is 0.500. The van der Waals surface area contributed by atoms with Gasteiger partial charge in [0.1, 0.15) is 12.5 Å². The monoisotopic (exact) mass is 325 g/mol. The van der Waals surface area contributed by atoms with Crippen molar-refractivity contribution in [2.75, 3.05) is 24.7 Å².